The van der Waals surface area contributed by atoms with Gasteiger partial charge in [-0.25, -0.2) is 0 Å². The first-order chi connectivity index (χ1) is 15.7. The topological polar surface area (TPSA) is 47.6 Å². The molecule has 5 heteroatoms. The molecule has 0 aromatic heterocycles. The summed E-state index contributed by atoms with van der Waals surface area (Å²) in [6, 6.07) is 22.3. The van der Waals surface area contributed by atoms with Crippen molar-refractivity contribution in [3.05, 3.63) is 83.4 Å². The van der Waals surface area contributed by atoms with Crippen molar-refractivity contribution in [2.45, 2.75) is 31.2 Å². The van der Waals surface area contributed by atoms with E-state index in [1.54, 1.807) is 14.2 Å². The van der Waals surface area contributed by atoms with Crippen LogP contribution in [0.2, 0.25) is 0 Å². The van der Waals surface area contributed by atoms with Gasteiger partial charge >= 0.3 is 0 Å². The van der Waals surface area contributed by atoms with Gasteiger partial charge in [-0.2, -0.15) is 0 Å². The highest BCUT2D eigenvalue weighted by atomic mass is 79.9. The van der Waals surface area contributed by atoms with Crippen LogP contribution in [0.1, 0.15) is 36.0 Å². The number of methoxy groups -OCH3 is 2. The van der Waals surface area contributed by atoms with Crippen LogP contribution in [0.4, 0.5) is 0 Å². The molecule has 0 atom stereocenters. The average molecular weight is 494 g/mol. The summed E-state index contributed by atoms with van der Waals surface area (Å²) >= 11 is 3.54. The van der Waals surface area contributed by atoms with E-state index in [0.29, 0.717) is 12.3 Å². The highest BCUT2D eigenvalue weighted by Crippen LogP contribution is 2.51. The Morgan fingerprint density at radius 1 is 0.906 bits per heavy atom. The van der Waals surface area contributed by atoms with Crippen LogP contribution in [0.3, 0.4) is 0 Å². The first-order valence-corrected chi connectivity index (χ1v) is 12.0. The van der Waals surface area contributed by atoms with Gasteiger partial charge in [0.15, 0.2) is 0 Å². The third kappa shape index (κ3) is 3.90. The van der Waals surface area contributed by atoms with E-state index >= 15 is 0 Å². The lowest BCUT2D eigenvalue weighted by molar-refractivity contribution is -0.125. The quantitative estimate of drug-likeness (QED) is 0.300. The predicted molar refractivity (Wildman–Crippen MR) is 132 cm³/mol. The minimum Gasteiger partial charge on any atom is -0.497 e. The van der Waals surface area contributed by atoms with Crippen molar-refractivity contribution >= 4 is 21.8 Å². The van der Waals surface area contributed by atoms with Crippen LogP contribution in [0, 0.1) is 0 Å². The molecular weight excluding hydrogens is 466 g/mol. The molecule has 0 spiro atoms. The van der Waals surface area contributed by atoms with E-state index in [-0.39, 0.29) is 5.91 Å². The predicted octanol–water partition coefficient (Wildman–Crippen LogP) is 5.85. The number of carbonyl (C=O) groups is 1. The number of halogens is 1. The number of carbonyl (C=O) groups excluding carboxylic acids is 1. The van der Waals surface area contributed by atoms with E-state index < -0.39 is 5.41 Å². The maximum atomic E-state index is 14.0. The van der Waals surface area contributed by atoms with Crippen molar-refractivity contribution in [3.63, 3.8) is 0 Å². The van der Waals surface area contributed by atoms with Gasteiger partial charge < -0.3 is 14.8 Å². The smallest absolute Gasteiger partial charge is 0.235 e. The van der Waals surface area contributed by atoms with E-state index in [9.17, 15) is 4.79 Å². The largest absolute Gasteiger partial charge is 0.497 e. The number of nitrogens with one attached hydrogen (secondary N) is 1. The number of ether oxygens (including phenoxy) is 2. The molecule has 0 heterocycles. The Labute approximate surface area is 198 Å². The van der Waals surface area contributed by atoms with Crippen LogP contribution < -0.4 is 14.8 Å². The van der Waals surface area contributed by atoms with Gasteiger partial charge in [-0.1, -0.05) is 70.9 Å². The van der Waals surface area contributed by atoms with Crippen LogP contribution in [-0.2, 0) is 16.8 Å². The van der Waals surface area contributed by atoms with Crippen LogP contribution in [0.25, 0.3) is 11.1 Å². The molecule has 1 N–H and O–H groups in total. The van der Waals surface area contributed by atoms with Gasteiger partial charge in [-0.3, -0.25) is 4.79 Å². The Morgan fingerprint density at radius 3 is 2.16 bits per heavy atom. The molecule has 166 valence electrons. The number of amides is 1. The van der Waals surface area contributed by atoms with Crippen molar-refractivity contribution in [2.75, 3.05) is 19.5 Å². The molecule has 0 saturated heterocycles. The summed E-state index contributed by atoms with van der Waals surface area (Å²) in [4.78, 5) is 14.0. The van der Waals surface area contributed by atoms with Crippen molar-refractivity contribution in [2.24, 2.45) is 0 Å². The maximum Gasteiger partial charge on any atom is 0.235 e. The first kappa shape index (κ1) is 22.4. The summed E-state index contributed by atoms with van der Waals surface area (Å²) < 4.78 is 10.8. The number of benzene rings is 3. The summed E-state index contributed by atoms with van der Waals surface area (Å²) in [6.07, 6.45) is 2.73. The summed E-state index contributed by atoms with van der Waals surface area (Å²) in [5.74, 6) is 1.45. The van der Waals surface area contributed by atoms with Crippen molar-refractivity contribution in [1.29, 1.82) is 0 Å². The summed E-state index contributed by atoms with van der Waals surface area (Å²) in [6.45, 7) is 0.385. The Kier molecular flexibility index (Phi) is 6.85. The lowest BCUT2D eigenvalue weighted by Gasteiger charge is -2.31. The SMILES string of the molecule is COc1ccc(CNC(=O)C2(CCCCBr)c3ccccc3-c3ccccc32)c(OC)c1. The standard InChI is InChI=1S/C27H28BrNO3/c1-31-20-14-13-19(25(17-20)32-2)18-29-26(30)27(15-7-8-16-28)23-11-5-3-9-21(23)22-10-4-6-12-24(22)27/h3-6,9-14,17H,7-8,15-16,18H2,1-2H3,(H,29,30). The fourth-order valence-electron chi connectivity index (χ4n) is 4.76. The van der Waals surface area contributed by atoms with Gasteiger partial charge in [-0.15, -0.1) is 0 Å². The van der Waals surface area contributed by atoms with Gasteiger partial charge in [0.2, 0.25) is 5.91 Å². The number of alkyl halides is 1. The normalized spacial score (nSPS) is 13.2. The molecule has 4 rings (SSSR count). The molecule has 1 aliphatic carbocycles. The molecule has 0 fully saturated rings. The summed E-state index contributed by atoms with van der Waals surface area (Å²) in [5.41, 5.74) is 4.70. The van der Waals surface area contributed by atoms with Gasteiger partial charge in [0.05, 0.1) is 14.2 Å². The van der Waals surface area contributed by atoms with Crippen molar-refractivity contribution < 1.29 is 14.3 Å². The minimum absolute atomic E-state index is 0.0299. The molecule has 32 heavy (non-hydrogen) atoms. The van der Waals surface area contributed by atoms with Crippen molar-refractivity contribution in [1.82, 2.24) is 5.32 Å². The maximum absolute atomic E-state index is 14.0. The number of unbranched alkanes of at least 4 members (excludes halogenated alkanes) is 1. The Bertz CT molecular complexity index is 1070. The molecule has 3 aromatic rings. The second-order valence-corrected chi connectivity index (χ2v) is 8.80. The number of fused-ring (bicyclic) bond motifs is 3. The van der Waals surface area contributed by atoms with Crippen molar-refractivity contribution in [3.8, 4) is 22.6 Å². The third-order valence-electron chi connectivity index (χ3n) is 6.32. The minimum atomic E-state index is -0.699. The lowest BCUT2D eigenvalue weighted by atomic mass is 9.73. The van der Waals surface area contributed by atoms with E-state index in [4.69, 9.17) is 9.47 Å². The third-order valence-corrected chi connectivity index (χ3v) is 6.88. The second kappa shape index (κ2) is 9.78. The number of rotatable bonds is 9. The molecule has 0 saturated carbocycles. The highest BCUT2D eigenvalue weighted by Gasteiger charge is 2.48. The van der Waals surface area contributed by atoms with E-state index in [1.165, 1.54) is 0 Å². The van der Waals surface area contributed by atoms with Crippen LogP contribution in [0.15, 0.2) is 66.7 Å². The Morgan fingerprint density at radius 2 is 1.56 bits per heavy atom. The van der Waals surface area contributed by atoms with E-state index in [2.05, 4.69) is 45.5 Å². The Hall–Kier alpha value is -2.79. The molecule has 0 unspecified atom stereocenters. The molecule has 0 radical (unpaired) electrons. The monoisotopic (exact) mass is 493 g/mol. The lowest BCUT2D eigenvalue weighted by Crippen LogP contribution is -2.44. The van der Waals surface area contributed by atoms with Gasteiger partial charge in [0.1, 0.15) is 16.9 Å². The second-order valence-electron chi connectivity index (χ2n) is 8.00. The molecule has 1 aliphatic rings. The van der Waals surface area contributed by atoms with Crippen LogP contribution >= 0.6 is 15.9 Å². The zero-order valence-corrected chi connectivity index (χ0v) is 20.1. The van der Waals surface area contributed by atoms with Gasteiger partial charge in [0.25, 0.3) is 0 Å². The zero-order valence-electron chi connectivity index (χ0n) is 18.5. The Balaban J connectivity index is 1.71. The van der Waals surface area contributed by atoms with Gasteiger partial charge in [0, 0.05) is 23.5 Å². The molecule has 0 bridgehead atoms. The van der Waals surface area contributed by atoms with Crippen LogP contribution in [0.5, 0.6) is 11.5 Å². The zero-order chi connectivity index (χ0) is 22.6. The summed E-state index contributed by atoms with van der Waals surface area (Å²) in [5, 5.41) is 4.16. The van der Waals surface area contributed by atoms with E-state index in [0.717, 1.165) is 58.2 Å². The molecular formula is C27H28BrNO3. The summed E-state index contributed by atoms with van der Waals surface area (Å²) in [7, 11) is 3.26. The average Bonchev–Trinajstić information content (AvgIpc) is 3.13. The van der Waals surface area contributed by atoms with Gasteiger partial charge in [-0.05, 0) is 47.2 Å². The highest BCUT2D eigenvalue weighted by molar-refractivity contribution is 9.09. The molecule has 3 aromatic carbocycles. The van der Waals surface area contributed by atoms with Crippen LogP contribution in [-0.4, -0.2) is 25.5 Å². The number of hydrogen-bond donors (Lipinski definition) is 1. The number of hydrogen-bond acceptors (Lipinski definition) is 3. The molecule has 4 nitrogen and oxygen atoms in total. The fourth-order valence-corrected chi connectivity index (χ4v) is 5.16. The molecule has 0 aliphatic heterocycles. The van der Waals surface area contributed by atoms with E-state index in [1.807, 2.05) is 42.5 Å². The fraction of sp³-hybridized carbons (Fsp3) is 0.296. The molecule has 1 amide bonds. The first-order valence-electron chi connectivity index (χ1n) is 10.9.